The van der Waals surface area contributed by atoms with Gasteiger partial charge in [-0.2, -0.15) is 0 Å². The smallest absolute Gasteiger partial charge is 0.150 e. The standard InChI is InChI=1S/C25H31N3O2S/c1-25(2,3)24-26-22-15-20(27(4)31-21-8-5-19(17-29)6-9-21)7-10-23(22)28(24)16-18-11-13-30-14-12-18/h5-10,15,17-18H,11-14,16H2,1-4H3. The summed E-state index contributed by atoms with van der Waals surface area (Å²) in [5.41, 5.74) is 4.02. The molecule has 0 saturated carbocycles. The van der Waals surface area contributed by atoms with E-state index in [1.54, 1.807) is 11.9 Å². The van der Waals surface area contributed by atoms with Crippen LogP contribution in [0.15, 0.2) is 47.4 Å². The lowest BCUT2D eigenvalue weighted by atomic mass is 9.94. The topological polar surface area (TPSA) is 47.4 Å². The van der Waals surface area contributed by atoms with Crippen LogP contribution in [0.25, 0.3) is 11.0 Å². The molecule has 1 saturated heterocycles. The van der Waals surface area contributed by atoms with Crippen molar-refractivity contribution in [3.8, 4) is 0 Å². The van der Waals surface area contributed by atoms with Gasteiger partial charge in [-0.05, 0) is 61.0 Å². The quantitative estimate of drug-likeness (QED) is 0.365. The maximum atomic E-state index is 10.9. The van der Waals surface area contributed by atoms with Crippen LogP contribution in [0.2, 0.25) is 0 Å². The molecular weight excluding hydrogens is 406 g/mol. The van der Waals surface area contributed by atoms with Crippen molar-refractivity contribution in [1.29, 1.82) is 0 Å². The molecule has 31 heavy (non-hydrogen) atoms. The molecule has 0 bridgehead atoms. The minimum Gasteiger partial charge on any atom is -0.381 e. The predicted octanol–water partition coefficient (Wildman–Crippen LogP) is 5.72. The molecule has 2 heterocycles. The van der Waals surface area contributed by atoms with E-state index >= 15 is 0 Å². The summed E-state index contributed by atoms with van der Waals surface area (Å²) >= 11 is 1.64. The van der Waals surface area contributed by atoms with Crippen molar-refractivity contribution in [3.05, 3.63) is 53.9 Å². The number of carbonyl (C=O) groups is 1. The van der Waals surface area contributed by atoms with Gasteiger partial charge in [0.1, 0.15) is 12.1 Å². The van der Waals surface area contributed by atoms with Crippen molar-refractivity contribution in [2.24, 2.45) is 5.92 Å². The van der Waals surface area contributed by atoms with Gasteiger partial charge in [0.2, 0.25) is 0 Å². The van der Waals surface area contributed by atoms with Crippen LogP contribution in [0, 0.1) is 5.92 Å². The summed E-state index contributed by atoms with van der Waals surface area (Å²) in [5, 5.41) is 0. The molecule has 0 amide bonds. The van der Waals surface area contributed by atoms with Crippen LogP contribution in [0.1, 0.15) is 49.8 Å². The average molecular weight is 438 g/mol. The number of aromatic nitrogens is 2. The molecule has 0 spiro atoms. The molecule has 3 aromatic rings. The molecule has 0 atom stereocenters. The molecule has 0 N–H and O–H groups in total. The summed E-state index contributed by atoms with van der Waals surface area (Å²) in [6.07, 6.45) is 3.10. The van der Waals surface area contributed by atoms with E-state index in [9.17, 15) is 4.79 Å². The van der Waals surface area contributed by atoms with E-state index < -0.39 is 0 Å². The van der Waals surface area contributed by atoms with E-state index in [0.29, 0.717) is 11.5 Å². The second-order valence-corrected chi connectivity index (χ2v) is 10.5. The van der Waals surface area contributed by atoms with Gasteiger partial charge in [-0.15, -0.1) is 0 Å². The number of imidazole rings is 1. The van der Waals surface area contributed by atoms with Gasteiger partial charge in [-0.3, -0.25) is 4.79 Å². The molecular formula is C25H31N3O2S. The van der Waals surface area contributed by atoms with Crippen LogP contribution in [0.5, 0.6) is 0 Å². The zero-order valence-corrected chi connectivity index (χ0v) is 19.6. The number of benzene rings is 2. The van der Waals surface area contributed by atoms with Gasteiger partial charge in [-0.1, -0.05) is 32.9 Å². The Bertz CT molecular complexity index is 1050. The fraction of sp³-hybridized carbons (Fsp3) is 0.440. The molecule has 2 aromatic carbocycles. The first-order valence-electron chi connectivity index (χ1n) is 10.9. The number of fused-ring (bicyclic) bond motifs is 1. The summed E-state index contributed by atoms with van der Waals surface area (Å²) < 4.78 is 10.1. The largest absolute Gasteiger partial charge is 0.381 e. The van der Waals surface area contributed by atoms with Gasteiger partial charge in [0.25, 0.3) is 0 Å². The molecule has 6 heteroatoms. The first-order valence-corrected chi connectivity index (χ1v) is 11.7. The van der Waals surface area contributed by atoms with E-state index in [1.807, 2.05) is 24.3 Å². The zero-order valence-electron chi connectivity index (χ0n) is 18.8. The number of hydrogen-bond donors (Lipinski definition) is 0. The Labute approximate surface area is 188 Å². The molecule has 164 valence electrons. The normalized spacial score (nSPS) is 15.4. The van der Waals surface area contributed by atoms with Crippen molar-refractivity contribution in [1.82, 2.24) is 9.55 Å². The number of rotatable bonds is 6. The van der Waals surface area contributed by atoms with Crippen LogP contribution < -0.4 is 4.31 Å². The van der Waals surface area contributed by atoms with Crippen LogP contribution in [0.4, 0.5) is 5.69 Å². The van der Waals surface area contributed by atoms with Gasteiger partial charge >= 0.3 is 0 Å². The Kier molecular flexibility index (Phi) is 6.39. The first kappa shape index (κ1) is 21.9. The zero-order chi connectivity index (χ0) is 22.0. The van der Waals surface area contributed by atoms with Crippen molar-refractivity contribution in [3.63, 3.8) is 0 Å². The number of aldehydes is 1. The lowest BCUT2D eigenvalue weighted by Crippen LogP contribution is -2.25. The van der Waals surface area contributed by atoms with Gasteiger partial charge < -0.3 is 13.6 Å². The van der Waals surface area contributed by atoms with Crippen molar-refractivity contribution in [2.45, 2.75) is 50.5 Å². The molecule has 0 unspecified atom stereocenters. The molecule has 1 aromatic heterocycles. The van der Waals surface area contributed by atoms with E-state index in [0.717, 1.165) is 60.8 Å². The summed E-state index contributed by atoms with van der Waals surface area (Å²) in [4.78, 5) is 17.0. The molecule has 0 radical (unpaired) electrons. The number of ether oxygens (including phenoxy) is 1. The second-order valence-electron chi connectivity index (χ2n) is 9.30. The Morgan fingerprint density at radius 1 is 1.16 bits per heavy atom. The third kappa shape index (κ3) is 4.96. The van der Waals surface area contributed by atoms with Gasteiger partial charge in [0.05, 0.1) is 11.0 Å². The maximum absolute atomic E-state index is 10.9. The van der Waals surface area contributed by atoms with Gasteiger partial charge in [0, 0.05) is 48.4 Å². The van der Waals surface area contributed by atoms with Crippen LogP contribution in [-0.2, 0) is 16.7 Å². The lowest BCUT2D eigenvalue weighted by Gasteiger charge is -2.26. The number of nitrogens with zero attached hydrogens (tertiary/aromatic N) is 3. The van der Waals surface area contributed by atoms with E-state index in [1.165, 1.54) is 5.52 Å². The van der Waals surface area contributed by atoms with E-state index in [2.05, 4.69) is 54.9 Å². The fourth-order valence-corrected chi connectivity index (χ4v) is 4.87. The highest BCUT2D eigenvalue weighted by atomic mass is 32.2. The van der Waals surface area contributed by atoms with Crippen molar-refractivity contribution in [2.75, 3.05) is 24.6 Å². The third-order valence-corrected chi connectivity index (χ3v) is 6.77. The van der Waals surface area contributed by atoms with Crippen LogP contribution in [-0.4, -0.2) is 36.1 Å². The molecule has 0 aliphatic carbocycles. The predicted molar refractivity (Wildman–Crippen MR) is 128 cm³/mol. The highest BCUT2D eigenvalue weighted by molar-refractivity contribution is 8.00. The third-order valence-electron chi connectivity index (χ3n) is 5.81. The Morgan fingerprint density at radius 3 is 2.52 bits per heavy atom. The highest BCUT2D eigenvalue weighted by Crippen LogP contribution is 2.33. The molecule has 4 rings (SSSR count). The SMILES string of the molecule is CN(Sc1ccc(C=O)cc1)c1ccc2c(c1)nc(C(C)(C)C)n2CC1CCOCC1. The first-order chi connectivity index (χ1) is 14.8. The Hall–Kier alpha value is -2.31. The number of hydrogen-bond acceptors (Lipinski definition) is 5. The van der Waals surface area contributed by atoms with Gasteiger partial charge in [-0.25, -0.2) is 4.98 Å². The highest BCUT2D eigenvalue weighted by Gasteiger charge is 2.25. The van der Waals surface area contributed by atoms with Crippen molar-refractivity contribution >= 4 is 35.0 Å². The Morgan fingerprint density at radius 2 is 1.87 bits per heavy atom. The number of carbonyl (C=O) groups excluding carboxylic acids is 1. The summed E-state index contributed by atoms with van der Waals surface area (Å²) in [7, 11) is 2.06. The Balaban J connectivity index is 1.62. The second kappa shape index (κ2) is 9.05. The minimum absolute atomic E-state index is 0.0225. The van der Waals surface area contributed by atoms with E-state index in [4.69, 9.17) is 9.72 Å². The minimum atomic E-state index is -0.0225. The molecule has 5 nitrogen and oxygen atoms in total. The lowest BCUT2D eigenvalue weighted by molar-refractivity contribution is 0.0611. The molecule has 1 aliphatic heterocycles. The fourth-order valence-electron chi connectivity index (χ4n) is 4.08. The summed E-state index contributed by atoms with van der Waals surface area (Å²) in [6, 6.07) is 14.2. The average Bonchev–Trinajstić information content (AvgIpc) is 3.13. The van der Waals surface area contributed by atoms with E-state index in [-0.39, 0.29) is 5.41 Å². The van der Waals surface area contributed by atoms with Crippen LogP contribution in [0.3, 0.4) is 0 Å². The monoisotopic (exact) mass is 437 g/mol. The summed E-state index contributed by atoms with van der Waals surface area (Å²) in [6.45, 7) is 9.44. The van der Waals surface area contributed by atoms with Crippen molar-refractivity contribution < 1.29 is 9.53 Å². The van der Waals surface area contributed by atoms with Gasteiger partial charge in [0.15, 0.2) is 0 Å². The van der Waals surface area contributed by atoms with Crippen LogP contribution >= 0.6 is 11.9 Å². The molecule has 1 aliphatic rings. The number of anilines is 1. The maximum Gasteiger partial charge on any atom is 0.150 e. The molecule has 1 fully saturated rings. The summed E-state index contributed by atoms with van der Waals surface area (Å²) in [5.74, 6) is 1.78.